The minimum atomic E-state index is -3.78. The normalized spacial score (nSPS) is 11.9. The van der Waals surface area contributed by atoms with Gasteiger partial charge in [-0.05, 0) is 44.0 Å². The minimum Gasteiger partial charge on any atom is -0.276 e. The quantitative estimate of drug-likeness (QED) is 0.529. The number of rotatable bonds is 5. The number of anilines is 1. The van der Waals surface area contributed by atoms with Crippen molar-refractivity contribution in [2.75, 3.05) is 4.72 Å². The number of hydrogen-bond donors (Lipinski definition) is 1. The van der Waals surface area contributed by atoms with Crippen molar-refractivity contribution < 1.29 is 8.42 Å². The van der Waals surface area contributed by atoms with E-state index in [1.54, 1.807) is 25.6 Å². The first kappa shape index (κ1) is 20.2. The second-order valence-electron chi connectivity index (χ2n) is 7.57. The van der Waals surface area contributed by atoms with Gasteiger partial charge in [-0.1, -0.05) is 42.5 Å². The van der Waals surface area contributed by atoms with Gasteiger partial charge in [0.1, 0.15) is 4.90 Å². The van der Waals surface area contributed by atoms with Gasteiger partial charge in [-0.2, -0.15) is 10.2 Å². The van der Waals surface area contributed by atoms with Crippen LogP contribution in [0.25, 0.3) is 10.8 Å². The summed E-state index contributed by atoms with van der Waals surface area (Å²) >= 11 is 0. The van der Waals surface area contributed by atoms with E-state index in [0.29, 0.717) is 29.3 Å². The third-order valence-electron chi connectivity index (χ3n) is 5.53. The predicted octanol–water partition coefficient (Wildman–Crippen LogP) is 3.85. The number of sulfonamides is 1. The zero-order chi connectivity index (χ0) is 21.6. The molecule has 0 saturated carbocycles. The van der Waals surface area contributed by atoms with E-state index in [0.717, 1.165) is 16.6 Å². The van der Waals surface area contributed by atoms with Crippen LogP contribution in [0.1, 0.15) is 28.3 Å². The lowest BCUT2D eigenvalue weighted by atomic mass is 10.0. The molecule has 0 aliphatic rings. The van der Waals surface area contributed by atoms with Gasteiger partial charge >= 0.3 is 0 Å². The van der Waals surface area contributed by atoms with Crippen LogP contribution in [0.3, 0.4) is 0 Å². The first-order valence-corrected chi connectivity index (χ1v) is 11.2. The van der Waals surface area contributed by atoms with Crippen molar-refractivity contribution >= 4 is 26.5 Å². The molecule has 4 rings (SSSR count). The molecule has 0 aliphatic heterocycles. The molecule has 30 heavy (non-hydrogen) atoms. The molecule has 0 aliphatic carbocycles. The van der Waals surface area contributed by atoms with Crippen molar-refractivity contribution in [2.45, 2.75) is 39.1 Å². The van der Waals surface area contributed by atoms with Crippen molar-refractivity contribution in [3.05, 3.63) is 70.8 Å². The van der Waals surface area contributed by atoms with Crippen LogP contribution < -0.4 is 4.72 Å². The maximum Gasteiger partial charge on any atom is 0.265 e. The second kappa shape index (κ2) is 7.28. The molecule has 0 unspecified atom stereocenters. The van der Waals surface area contributed by atoms with Gasteiger partial charge in [-0.25, -0.2) is 8.42 Å². The number of benzene rings is 2. The molecule has 0 amide bonds. The summed E-state index contributed by atoms with van der Waals surface area (Å²) in [6, 6.07) is 14.4. The molecule has 156 valence electrons. The minimum absolute atomic E-state index is 0.214. The average molecular weight is 424 g/mol. The monoisotopic (exact) mass is 423 g/mol. The fourth-order valence-corrected chi connectivity index (χ4v) is 5.54. The number of nitrogens with zero attached hydrogens (tertiary/aromatic N) is 4. The van der Waals surface area contributed by atoms with E-state index >= 15 is 0 Å². The summed E-state index contributed by atoms with van der Waals surface area (Å²) in [6.45, 7) is 7.70. The molecule has 0 fully saturated rings. The third-order valence-corrected chi connectivity index (χ3v) is 7.13. The summed E-state index contributed by atoms with van der Waals surface area (Å²) in [5, 5.41) is 11.2. The van der Waals surface area contributed by atoms with E-state index in [1.165, 1.54) is 5.39 Å². The molecule has 0 saturated heterocycles. The van der Waals surface area contributed by atoms with Crippen LogP contribution in [0.15, 0.2) is 47.4 Å². The highest BCUT2D eigenvalue weighted by molar-refractivity contribution is 7.92. The van der Waals surface area contributed by atoms with E-state index in [2.05, 4.69) is 39.2 Å². The highest BCUT2D eigenvalue weighted by Crippen LogP contribution is 2.27. The largest absolute Gasteiger partial charge is 0.276 e. The van der Waals surface area contributed by atoms with Gasteiger partial charge in [-0.3, -0.25) is 14.1 Å². The van der Waals surface area contributed by atoms with Crippen LogP contribution in [0.2, 0.25) is 0 Å². The fourth-order valence-electron chi connectivity index (χ4n) is 3.92. The summed E-state index contributed by atoms with van der Waals surface area (Å²) in [7, 11) is -2.04. The lowest BCUT2D eigenvalue weighted by Crippen LogP contribution is -2.16. The Morgan fingerprint density at radius 3 is 2.30 bits per heavy atom. The van der Waals surface area contributed by atoms with E-state index < -0.39 is 10.0 Å². The van der Waals surface area contributed by atoms with Crippen molar-refractivity contribution in [3.63, 3.8) is 0 Å². The SMILES string of the molecule is Cc1nn(Cc2cccc3ccccc23)c(C)c1NS(=O)(=O)c1c(C)nn(C)c1C. The molecule has 2 aromatic heterocycles. The summed E-state index contributed by atoms with van der Waals surface area (Å²) < 4.78 is 32.4. The van der Waals surface area contributed by atoms with Gasteiger partial charge < -0.3 is 0 Å². The Balaban J connectivity index is 1.70. The van der Waals surface area contributed by atoms with Crippen LogP contribution in [0.5, 0.6) is 0 Å². The van der Waals surface area contributed by atoms with E-state index in [4.69, 9.17) is 0 Å². The summed E-state index contributed by atoms with van der Waals surface area (Å²) in [5.74, 6) is 0. The Morgan fingerprint density at radius 2 is 1.60 bits per heavy atom. The van der Waals surface area contributed by atoms with Crippen LogP contribution in [0, 0.1) is 27.7 Å². The molecule has 4 aromatic rings. The van der Waals surface area contributed by atoms with Gasteiger partial charge in [0.2, 0.25) is 0 Å². The van der Waals surface area contributed by atoms with Crippen molar-refractivity contribution in [1.29, 1.82) is 0 Å². The highest BCUT2D eigenvalue weighted by atomic mass is 32.2. The van der Waals surface area contributed by atoms with E-state index in [9.17, 15) is 8.42 Å². The zero-order valence-corrected chi connectivity index (χ0v) is 18.6. The molecule has 8 heteroatoms. The Kier molecular flexibility index (Phi) is 4.89. The summed E-state index contributed by atoms with van der Waals surface area (Å²) in [4.78, 5) is 0.214. The van der Waals surface area contributed by atoms with Crippen LogP contribution in [0.4, 0.5) is 5.69 Å². The van der Waals surface area contributed by atoms with E-state index in [-0.39, 0.29) is 4.90 Å². The number of fused-ring (bicyclic) bond motifs is 1. The fraction of sp³-hybridized carbons (Fsp3) is 0.273. The van der Waals surface area contributed by atoms with E-state index in [1.807, 2.05) is 36.7 Å². The van der Waals surface area contributed by atoms with Crippen LogP contribution in [-0.2, 0) is 23.6 Å². The molecule has 0 spiro atoms. The number of nitrogens with one attached hydrogen (secondary N) is 1. The first-order valence-electron chi connectivity index (χ1n) is 9.72. The highest BCUT2D eigenvalue weighted by Gasteiger charge is 2.26. The van der Waals surface area contributed by atoms with Crippen molar-refractivity contribution in [1.82, 2.24) is 19.6 Å². The standard InChI is InChI=1S/C22H25N5O2S/c1-14-21(25-30(28,29)22-15(2)23-26(5)17(22)4)16(3)27(24-14)13-19-11-8-10-18-9-6-7-12-20(18)19/h6-12,25H,13H2,1-5H3. The van der Waals surface area contributed by atoms with Crippen molar-refractivity contribution in [3.8, 4) is 0 Å². The summed E-state index contributed by atoms with van der Waals surface area (Å²) in [5.41, 5.74) is 4.11. The molecular weight excluding hydrogens is 398 g/mol. The number of hydrogen-bond acceptors (Lipinski definition) is 4. The Bertz CT molecular complexity index is 1360. The Hall–Kier alpha value is -3.13. The molecule has 2 aromatic carbocycles. The second-order valence-corrected chi connectivity index (χ2v) is 9.19. The maximum atomic E-state index is 13.1. The Labute approximate surface area is 176 Å². The van der Waals surface area contributed by atoms with Gasteiger partial charge in [0.25, 0.3) is 10.0 Å². The Morgan fingerprint density at radius 1 is 0.900 bits per heavy atom. The van der Waals surface area contributed by atoms with Gasteiger partial charge in [0.05, 0.1) is 35.0 Å². The van der Waals surface area contributed by atoms with Gasteiger partial charge in [0.15, 0.2) is 0 Å². The first-order chi connectivity index (χ1) is 14.2. The zero-order valence-electron chi connectivity index (χ0n) is 17.8. The molecule has 0 bridgehead atoms. The predicted molar refractivity (Wildman–Crippen MR) is 118 cm³/mol. The maximum absolute atomic E-state index is 13.1. The van der Waals surface area contributed by atoms with Gasteiger partial charge in [-0.15, -0.1) is 0 Å². The van der Waals surface area contributed by atoms with Gasteiger partial charge in [0, 0.05) is 7.05 Å². The molecular formula is C22H25N5O2S. The molecule has 0 atom stereocenters. The van der Waals surface area contributed by atoms with Crippen LogP contribution >= 0.6 is 0 Å². The topological polar surface area (TPSA) is 81.8 Å². The molecule has 0 radical (unpaired) electrons. The smallest absolute Gasteiger partial charge is 0.265 e. The molecule has 7 nitrogen and oxygen atoms in total. The lowest BCUT2D eigenvalue weighted by molar-refractivity contribution is 0.599. The molecule has 2 heterocycles. The summed E-state index contributed by atoms with van der Waals surface area (Å²) in [6.07, 6.45) is 0. The third kappa shape index (κ3) is 3.37. The van der Waals surface area contributed by atoms with Crippen molar-refractivity contribution in [2.24, 2.45) is 7.05 Å². The lowest BCUT2D eigenvalue weighted by Gasteiger charge is -2.11. The van der Waals surface area contributed by atoms with Crippen LogP contribution in [-0.4, -0.2) is 28.0 Å². The number of aromatic nitrogens is 4. The number of aryl methyl sites for hydroxylation is 3. The molecule has 1 N–H and O–H groups in total. The average Bonchev–Trinajstić information content (AvgIpc) is 3.11.